The SMILES string of the molecule is COc1ccc(CCC(=O)c2nc(NCc3cncc(C)c3)nc3ccsc23)cn1. The maximum atomic E-state index is 13.0. The highest BCUT2D eigenvalue weighted by atomic mass is 32.1. The number of nitrogens with one attached hydrogen (secondary N) is 1. The highest BCUT2D eigenvalue weighted by molar-refractivity contribution is 7.17. The Kier molecular flexibility index (Phi) is 5.94. The predicted octanol–water partition coefficient (Wildman–Crippen LogP) is 4.23. The van der Waals surface area contributed by atoms with E-state index in [2.05, 4.69) is 31.3 Å². The van der Waals surface area contributed by atoms with Crippen molar-refractivity contribution in [2.24, 2.45) is 0 Å². The highest BCUT2D eigenvalue weighted by Crippen LogP contribution is 2.25. The van der Waals surface area contributed by atoms with Gasteiger partial charge in [-0.2, -0.15) is 0 Å². The summed E-state index contributed by atoms with van der Waals surface area (Å²) in [5, 5.41) is 5.15. The van der Waals surface area contributed by atoms with Gasteiger partial charge in [-0.15, -0.1) is 11.3 Å². The van der Waals surface area contributed by atoms with Crippen molar-refractivity contribution in [1.29, 1.82) is 0 Å². The molecule has 4 aromatic rings. The smallest absolute Gasteiger partial charge is 0.224 e. The van der Waals surface area contributed by atoms with Crippen LogP contribution in [0.25, 0.3) is 10.2 Å². The minimum atomic E-state index is -0.0130. The van der Waals surface area contributed by atoms with E-state index in [4.69, 9.17) is 4.74 Å². The van der Waals surface area contributed by atoms with Crippen LogP contribution in [0.1, 0.15) is 33.6 Å². The Hall–Kier alpha value is -3.39. The number of hydrogen-bond acceptors (Lipinski definition) is 8. The lowest BCUT2D eigenvalue weighted by Crippen LogP contribution is -2.10. The molecule has 0 unspecified atom stereocenters. The first-order chi connectivity index (χ1) is 14.6. The van der Waals surface area contributed by atoms with E-state index in [1.165, 1.54) is 11.3 Å². The minimum Gasteiger partial charge on any atom is -0.481 e. The van der Waals surface area contributed by atoms with Gasteiger partial charge in [0.2, 0.25) is 11.8 Å². The molecule has 0 aliphatic heterocycles. The second kappa shape index (κ2) is 8.96. The molecule has 4 rings (SSSR count). The summed E-state index contributed by atoms with van der Waals surface area (Å²) in [6.07, 6.45) is 6.28. The van der Waals surface area contributed by atoms with Crippen molar-refractivity contribution in [2.45, 2.75) is 26.3 Å². The quantitative estimate of drug-likeness (QED) is 0.428. The number of aromatic nitrogens is 4. The van der Waals surface area contributed by atoms with Gasteiger partial charge in [0, 0.05) is 37.6 Å². The zero-order valence-electron chi connectivity index (χ0n) is 16.8. The molecule has 0 aliphatic rings. The van der Waals surface area contributed by atoms with E-state index in [9.17, 15) is 4.79 Å². The Labute approximate surface area is 178 Å². The second-order valence-electron chi connectivity index (χ2n) is 6.89. The number of fused-ring (bicyclic) bond motifs is 1. The molecule has 0 bridgehead atoms. The number of ether oxygens (including phenoxy) is 1. The van der Waals surface area contributed by atoms with Gasteiger partial charge in [-0.3, -0.25) is 9.78 Å². The number of methoxy groups -OCH3 is 1. The monoisotopic (exact) mass is 419 g/mol. The number of carbonyl (C=O) groups excluding carboxylic acids is 1. The van der Waals surface area contributed by atoms with Crippen molar-refractivity contribution < 1.29 is 9.53 Å². The van der Waals surface area contributed by atoms with Gasteiger partial charge in [0.15, 0.2) is 5.78 Å². The van der Waals surface area contributed by atoms with Crippen LogP contribution in [0.5, 0.6) is 5.88 Å². The number of nitrogens with zero attached hydrogens (tertiary/aromatic N) is 4. The second-order valence-corrected chi connectivity index (χ2v) is 7.80. The molecule has 1 N–H and O–H groups in total. The summed E-state index contributed by atoms with van der Waals surface area (Å²) in [6, 6.07) is 7.68. The molecule has 0 aliphatic carbocycles. The van der Waals surface area contributed by atoms with Crippen LogP contribution in [0.4, 0.5) is 5.95 Å². The van der Waals surface area contributed by atoms with Gasteiger partial charge in [0.1, 0.15) is 5.69 Å². The maximum Gasteiger partial charge on any atom is 0.224 e. The maximum absolute atomic E-state index is 13.0. The first-order valence-electron chi connectivity index (χ1n) is 9.54. The van der Waals surface area contributed by atoms with E-state index >= 15 is 0 Å². The zero-order valence-corrected chi connectivity index (χ0v) is 17.6. The molecular weight excluding hydrogens is 398 g/mol. The molecule has 4 aromatic heterocycles. The molecule has 0 amide bonds. The summed E-state index contributed by atoms with van der Waals surface area (Å²) < 4.78 is 5.89. The lowest BCUT2D eigenvalue weighted by molar-refractivity contribution is 0.0980. The summed E-state index contributed by atoms with van der Waals surface area (Å²) >= 11 is 1.48. The topological polar surface area (TPSA) is 89.9 Å². The largest absolute Gasteiger partial charge is 0.481 e. The van der Waals surface area contributed by atoms with Crippen molar-refractivity contribution in [2.75, 3.05) is 12.4 Å². The van der Waals surface area contributed by atoms with Crippen LogP contribution >= 0.6 is 11.3 Å². The van der Waals surface area contributed by atoms with Crippen LogP contribution < -0.4 is 10.1 Å². The molecule has 0 fully saturated rings. The first kappa shape index (κ1) is 19.9. The summed E-state index contributed by atoms with van der Waals surface area (Å²) in [7, 11) is 1.58. The molecule has 0 saturated heterocycles. The van der Waals surface area contributed by atoms with Gasteiger partial charge in [-0.05, 0) is 41.5 Å². The lowest BCUT2D eigenvalue weighted by Gasteiger charge is -2.08. The minimum absolute atomic E-state index is 0.0130. The van der Waals surface area contributed by atoms with E-state index in [1.807, 2.05) is 30.6 Å². The fourth-order valence-electron chi connectivity index (χ4n) is 3.08. The molecular formula is C22H21N5O2S. The van der Waals surface area contributed by atoms with Crippen molar-refractivity contribution in [3.05, 3.63) is 70.6 Å². The van der Waals surface area contributed by atoms with E-state index in [1.54, 1.807) is 25.6 Å². The van der Waals surface area contributed by atoms with Crippen LogP contribution in [0.3, 0.4) is 0 Å². The van der Waals surface area contributed by atoms with Crippen molar-refractivity contribution in [1.82, 2.24) is 19.9 Å². The average Bonchev–Trinajstić information content (AvgIpc) is 3.24. The summed E-state index contributed by atoms with van der Waals surface area (Å²) in [4.78, 5) is 30.4. The number of pyridine rings is 2. The third-order valence-electron chi connectivity index (χ3n) is 4.60. The highest BCUT2D eigenvalue weighted by Gasteiger charge is 2.16. The molecule has 7 nitrogen and oxygen atoms in total. The lowest BCUT2D eigenvalue weighted by atomic mass is 10.1. The van der Waals surface area contributed by atoms with E-state index in [-0.39, 0.29) is 5.78 Å². The Bertz CT molecular complexity index is 1170. The standard InChI is InChI=1S/C22H21N5O2S/c1-14-9-16(11-23-10-14)13-25-22-26-17-7-8-30-21(17)20(27-22)18(28)5-3-15-4-6-19(29-2)24-12-15/h4,6-12H,3,5,13H2,1-2H3,(H,25,26,27). The van der Waals surface area contributed by atoms with Crippen molar-refractivity contribution in [3.8, 4) is 5.88 Å². The van der Waals surface area contributed by atoms with Crippen LogP contribution in [0, 0.1) is 6.92 Å². The van der Waals surface area contributed by atoms with Crippen LogP contribution in [0.15, 0.2) is 48.2 Å². The molecule has 0 aromatic carbocycles. The Balaban J connectivity index is 1.50. The molecule has 8 heteroatoms. The number of thiophene rings is 1. The molecule has 0 spiro atoms. The molecule has 4 heterocycles. The van der Waals surface area contributed by atoms with Gasteiger partial charge in [-0.25, -0.2) is 15.0 Å². The first-order valence-corrected chi connectivity index (χ1v) is 10.4. The third kappa shape index (κ3) is 4.60. The molecule has 30 heavy (non-hydrogen) atoms. The van der Waals surface area contributed by atoms with Gasteiger partial charge >= 0.3 is 0 Å². The third-order valence-corrected chi connectivity index (χ3v) is 5.51. The Morgan fingerprint density at radius 1 is 1.13 bits per heavy atom. The molecule has 0 saturated carbocycles. The number of Topliss-reactive ketones (excluding diaryl/α,β-unsaturated/α-hetero) is 1. The number of aryl methyl sites for hydroxylation is 2. The van der Waals surface area contributed by atoms with Gasteiger partial charge in [0.05, 0.1) is 17.3 Å². The Morgan fingerprint density at radius 2 is 2.03 bits per heavy atom. The number of ketones is 1. The normalized spacial score (nSPS) is 10.9. The molecule has 0 atom stereocenters. The summed E-state index contributed by atoms with van der Waals surface area (Å²) in [5.41, 5.74) is 4.33. The van der Waals surface area contributed by atoms with Crippen LogP contribution in [-0.4, -0.2) is 32.8 Å². The van der Waals surface area contributed by atoms with Gasteiger partial charge in [0.25, 0.3) is 0 Å². The predicted molar refractivity (Wildman–Crippen MR) is 117 cm³/mol. The number of anilines is 1. The van der Waals surface area contributed by atoms with Crippen molar-refractivity contribution >= 4 is 33.3 Å². The van der Waals surface area contributed by atoms with Gasteiger partial charge < -0.3 is 10.1 Å². The summed E-state index contributed by atoms with van der Waals surface area (Å²) in [5.74, 6) is 0.985. The molecule has 152 valence electrons. The van der Waals surface area contributed by atoms with Crippen LogP contribution in [0.2, 0.25) is 0 Å². The summed E-state index contributed by atoms with van der Waals surface area (Å²) in [6.45, 7) is 2.54. The number of rotatable bonds is 8. The average molecular weight is 420 g/mol. The fourth-order valence-corrected chi connectivity index (χ4v) is 3.92. The van der Waals surface area contributed by atoms with Crippen LogP contribution in [-0.2, 0) is 13.0 Å². The number of hydrogen-bond donors (Lipinski definition) is 1. The van der Waals surface area contributed by atoms with Crippen molar-refractivity contribution in [3.63, 3.8) is 0 Å². The number of carbonyl (C=O) groups is 1. The zero-order chi connectivity index (χ0) is 20.9. The Morgan fingerprint density at radius 3 is 2.80 bits per heavy atom. The van der Waals surface area contributed by atoms with E-state index < -0.39 is 0 Å². The van der Waals surface area contributed by atoms with Gasteiger partial charge in [-0.1, -0.05) is 12.1 Å². The van der Waals surface area contributed by atoms with E-state index in [0.717, 1.165) is 26.9 Å². The fraction of sp³-hybridized carbons (Fsp3) is 0.227. The molecule has 0 radical (unpaired) electrons. The van der Waals surface area contributed by atoms with E-state index in [0.29, 0.717) is 36.9 Å².